The molecule has 180 valence electrons. The molecule has 8 heteroatoms. The highest BCUT2D eigenvalue weighted by Crippen LogP contribution is 2.29. The van der Waals surface area contributed by atoms with Gasteiger partial charge in [0.1, 0.15) is 11.6 Å². The highest BCUT2D eigenvalue weighted by atomic mass is 35.5. The van der Waals surface area contributed by atoms with Gasteiger partial charge < -0.3 is 9.64 Å². The van der Waals surface area contributed by atoms with E-state index in [2.05, 4.69) is 46.8 Å². The summed E-state index contributed by atoms with van der Waals surface area (Å²) < 4.78 is 18.7. The van der Waals surface area contributed by atoms with E-state index >= 15 is 0 Å². The quantitative estimate of drug-likeness (QED) is 0.411. The molecular formula is C25H31Cl3FN3O. The second kappa shape index (κ2) is 13.0. The topological polar surface area (TPSA) is 28.6 Å². The molecule has 0 saturated carbocycles. The third-order valence-corrected chi connectivity index (χ3v) is 5.77. The SMILES string of the molecule is COc1c(C)cc(N2CCN(Cc3cncc(-c4ccc(F)cc4)c3)CC2)cc1C.Cl.Cl.Cl. The molecule has 1 aliphatic heterocycles. The second-order valence-electron chi connectivity index (χ2n) is 7.96. The number of aromatic nitrogens is 1. The first-order valence-electron chi connectivity index (χ1n) is 10.4. The maximum Gasteiger partial charge on any atom is 0.124 e. The summed E-state index contributed by atoms with van der Waals surface area (Å²) >= 11 is 0. The molecule has 0 aliphatic carbocycles. The van der Waals surface area contributed by atoms with E-state index in [-0.39, 0.29) is 43.0 Å². The van der Waals surface area contributed by atoms with Crippen LogP contribution in [0.1, 0.15) is 16.7 Å². The molecule has 2 heterocycles. The molecule has 1 saturated heterocycles. The van der Waals surface area contributed by atoms with Gasteiger partial charge in [-0.05, 0) is 66.4 Å². The van der Waals surface area contributed by atoms with Crippen LogP contribution in [0, 0.1) is 19.7 Å². The zero-order valence-corrected chi connectivity index (χ0v) is 21.5. The lowest BCUT2D eigenvalue weighted by molar-refractivity contribution is 0.249. The van der Waals surface area contributed by atoms with Crippen molar-refractivity contribution in [3.05, 3.63) is 77.4 Å². The molecular weight excluding hydrogens is 484 g/mol. The molecule has 2 aromatic carbocycles. The number of halogens is 4. The standard InChI is InChI=1S/C25H28FN3O.3ClH/c1-18-12-24(13-19(2)25(18)30-3)29-10-8-28(9-11-29)17-20-14-22(16-27-15-20)21-4-6-23(26)7-5-21;;;/h4-7,12-16H,8-11,17H2,1-3H3;3*1H. The van der Waals surface area contributed by atoms with Crippen molar-refractivity contribution in [1.82, 2.24) is 9.88 Å². The number of hydrogen-bond donors (Lipinski definition) is 0. The zero-order valence-electron chi connectivity index (χ0n) is 19.1. The van der Waals surface area contributed by atoms with Gasteiger partial charge in [-0.1, -0.05) is 12.1 Å². The third kappa shape index (κ3) is 6.97. The molecule has 0 radical (unpaired) electrons. The summed E-state index contributed by atoms with van der Waals surface area (Å²) in [6, 6.07) is 13.2. The van der Waals surface area contributed by atoms with Gasteiger partial charge >= 0.3 is 0 Å². The van der Waals surface area contributed by atoms with Crippen LogP contribution in [0.3, 0.4) is 0 Å². The van der Waals surface area contributed by atoms with Crippen molar-refractivity contribution in [2.75, 3.05) is 38.2 Å². The molecule has 0 unspecified atom stereocenters. The van der Waals surface area contributed by atoms with Crippen LogP contribution in [0.2, 0.25) is 0 Å². The molecule has 0 N–H and O–H groups in total. The maximum absolute atomic E-state index is 13.2. The summed E-state index contributed by atoms with van der Waals surface area (Å²) in [6.07, 6.45) is 3.76. The van der Waals surface area contributed by atoms with Crippen LogP contribution in [0.25, 0.3) is 11.1 Å². The Hall–Kier alpha value is -2.05. The van der Waals surface area contributed by atoms with Crippen LogP contribution in [0.15, 0.2) is 54.9 Å². The molecule has 0 atom stereocenters. The minimum absolute atomic E-state index is 0. The molecule has 1 aliphatic rings. The average Bonchev–Trinajstić information content (AvgIpc) is 2.75. The number of piperazine rings is 1. The average molecular weight is 515 g/mol. The van der Waals surface area contributed by atoms with Gasteiger partial charge in [-0.25, -0.2) is 4.39 Å². The highest BCUT2D eigenvalue weighted by molar-refractivity contribution is 5.86. The van der Waals surface area contributed by atoms with Gasteiger partial charge in [0.25, 0.3) is 0 Å². The number of ether oxygens (including phenoxy) is 1. The van der Waals surface area contributed by atoms with Crippen LogP contribution in [0.5, 0.6) is 5.75 Å². The molecule has 0 bridgehead atoms. The molecule has 0 spiro atoms. The second-order valence-corrected chi connectivity index (χ2v) is 7.96. The van der Waals surface area contributed by atoms with Crippen LogP contribution in [-0.2, 0) is 6.54 Å². The van der Waals surface area contributed by atoms with Crippen molar-refractivity contribution in [3.63, 3.8) is 0 Å². The van der Waals surface area contributed by atoms with Gasteiger partial charge in [0.05, 0.1) is 7.11 Å². The Morgan fingerprint density at radius 2 is 1.45 bits per heavy atom. The van der Waals surface area contributed by atoms with Crippen molar-refractivity contribution >= 4 is 42.9 Å². The van der Waals surface area contributed by atoms with E-state index in [1.807, 2.05) is 12.4 Å². The normalized spacial score (nSPS) is 13.4. The Kier molecular flexibility index (Phi) is 11.4. The summed E-state index contributed by atoms with van der Waals surface area (Å²) in [6.45, 7) is 9.08. The van der Waals surface area contributed by atoms with E-state index < -0.39 is 0 Å². The minimum Gasteiger partial charge on any atom is -0.496 e. The Morgan fingerprint density at radius 3 is 2.03 bits per heavy atom. The fourth-order valence-corrected chi connectivity index (χ4v) is 4.23. The lowest BCUT2D eigenvalue weighted by Crippen LogP contribution is -2.46. The third-order valence-electron chi connectivity index (χ3n) is 5.77. The smallest absolute Gasteiger partial charge is 0.124 e. The van der Waals surface area contributed by atoms with E-state index in [0.717, 1.165) is 49.6 Å². The van der Waals surface area contributed by atoms with Crippen molar-refractivity contribution in [3.8, 4) is 16.9 Å². The molecule has 0 amide bonds. The minimum atomic E-state index is -0.219. The van der Waals surface area contributed by atoms with Crippen LogP contribution in [-0.4, -0.2) is 43.2 Å². The Bertz CT molecular complexity index is 1000. The van der Waals surface area contributed by atoms with Gasteiger partial charge in [-0.15, -0.1) is 37.2 Å². The van der Waals surface area contributed by atoms with Crippen molar-refractivity contribution < 1.29 is 9.13 Å². The van der Waals surface area contributed by atoms with Gasteiger partial charge in [-0.2, -0.15) is 0 Å². The molecule has 1 fully saturated rings. The summed E-state index contributed by atoms with van der Waals surface area (Å²) in [7, 11) is 1.73. The molecule has 33 heavy (non-hydrogen) atoms. The van der Waals surface area contributed by atoms with Gasteiger partial charge in [0.15, 0.2) is 0 Å². The first-order chi connectivity index (χ1) is 14.5. The monoisotopic (exact) mass is 513 g/mol. The highest BCUT2D eigenvalue weighted by Gasteiger charge is 2.19. The predicted molar refractivity (Wildman–Crippen MR) is 141 cm³/mol. The molecule has 4 rings (SSSR count). The van der Waals surface area contributed by atoms with E-state index in [1.165, 1.54) is 34.5 Å². The number of aryl methyl sites for hydroxylation is 2. The van der Waals surface area contributed by atoms with Crippen LogP contribution < -0.4 is 9.64 Å². The Morgan fingerprint density at radius 1 is 0.848 bits per heavy atom. The van der Waals surface area contributed by atoms with Crippen molar-refractivity contribution in [2.45, 2.75) is 20.4 Å². The summed E-state index contributed by atoms with van der Waals surface area (Å²) in [4.78, 5) is 9.32. The number of pyridine rings is 1. The molecule has 4 nitrogen and oxygen atoms in total. The fraction of sp³-hybridized carbons (Fsp3) is 0.320. The largest absolute Gasteiger partial charge is 0.496 e. The number of methoxy groups -OCH3 is 1. The number of nitrogens with zero attached hydrogens (tertiary/aromatic N) is 3. The van der Waals surface area contributed by atoms with Crippen molar-refractivity contribution in [2.24, 2.45) is 0 Å². The maximum atomic E-state index is 13.2. The van der Waals surface area contributed by atoms with Gasteiger partial charge in [0.2, 0.25) is 0 Å². The Balaban J connectivity index is 0.00000181. The Labute approximate surface area is 214 Å². The number of anilines is 1. The summed E-state index contributed by atoms with van der Waals surface area (Å²) in [5, 5.41) is 0. The summed E-state index contributed by atoms with van der Waals surface area (Å²) in [5.41, 5.74) is 6.82. The fourth-order valence-electron chi connectivity index (χ4n) is 4.23. The van der Waals surface area contributed by atoms with Gasteiger partial charge in [0, 0.05) is 56.4 Å². The zero-order chi connectivity index (χ0) is 21.1. The van der Waals surface area contributed by atoms with Crippen LogP contribution >= 0.6 is 37.2 Å². The molecule has 3 aromatic rings. The first-order valence-corrected chi connectivity index (χ1v) is 10.4. The van der Waals surface area contributed by atoms with Crippen molar-refractivity contribution in [1.29, 1.82) is 0 Å². The number of hydrogen-bond acceptors (Lipinski definition) is 4. The van der Waals surface area contributed by atoms with E-state index in [4.69, 9.17) is 4.74 Å². The van der Waals surface area contributed by atoms with Crippen LogP contribution in [0.4, 0.5) is 10.1 Å². The summed E-state index contributed by atoms with van der Waals surface area (Å²) in [5.74, 6) is 0.758. The molecule has 1 aromatic heterocycles. The predicted octanol–water partition coefficient (Wildman–Crippen LogP) is 6.10. The van der Waals surface area contributed by atoms with Gasteiger partial charge in [-0.3, -0.25) is 9.88 Å². The number of rotatable bonds is 5. The lowest BCUT2D eigenvalue weighted by atomic mass is 10.1. The van der Waals surface area contributed by atoms with E-state index in [9.17, 15) is 4.39 Å². The van der Waals surface area contributed by atoms with E-state index in [1.54, 1.807) is 19.2 Å². The lowest BCUT2D eigenvalue weighted by Gasteiger charge is -2.36. The number of benzene rings is 2. The van der Waals surface area contributed by atoms with E-state index in [0.29, 0.717) is 0 Å². The first kappa shape index (κ1) is 29.0.